The quantitative estimate of drug-likeness (QED) is 0.634. The van der Waals surface area contributed by atoms with Gasteiger partial charge in [0, 0.05) is 38.4 Å². The normalized spacial score (nSPS) is 15.6. The molecule has 0 saturated carbocycles. The third-order valence-electron chi connectivity index (χ3n) is 5.82. The molecule has 0 bridgehead atoms. The number of pyridine rings is 1. The predicted molar refractivity (Wildman–Crippen MR) is 123 cm³/mol. The summed E-state index contributed by atoms with van der Waals surface area (Å²) in [4.78, 5) is 44.1. The fourth-order valence-electron chi connectivity index (χ4n) is 4.07. The van der Waals surface area contributed by atoms with Crippen LogP contribution in [0.3, 0.4) is 0 Å². The van der Waals surface area contributed by atoms with Crippen molar-refractivity contribution in [3.05, 3.63) is 92.4 Å². The van der Waals surface area contributed by atoms with Gasteiger partial charge in [-0.15, -0.1) is 0 Å². The van der Waals surface area contributed by atoms with Crippen molar-refractivity contribution < 1.29 is 4.79 Å². The smallest absolute Gasteiger partial charge is 0.332 e. The van der Waals surface area contributed by atoms with Gasteiger partial charge in [0.15, 0.2) is 0 Å². The summed E-state index contributed by atoms with van der Waals surface area (Å²) in [6.07, 6.45) is 3.13. The number of aromatic nitrogens is 3. The Morgan fingerprint density at radius 2 is 2.00 bits per heavy atom. The number of anilines is 1. The Bertz CT molecular complexity index is 1320. The number of nitriles is 1. The van der Waals surface area contributed by atoms with E-state index in [0.717, 1.165) is 17.4 Å². The minimum Gasteiger partial charge on any atom is -0.356 e. The highest BCUT2D eigenvalue weighted by molar-refractivity contribution is 5.92. The minimum absolute atomic E-state index is 0.160. The number of benzene rings is 1. The van der Waals surface area contributed by atoms with Crippen molar-refractivity contribution >= 4 is 11.7 Å². The van der Waals surface area contributed by atoms with Crippen LogP contribution in [-0.2, 0) is 13.6 Å². The van der Waals surface area contributed by atoms with Crippen molar-refractivity contribution in [2.24, 2.45) is 7.05 Å². The average Bonchev–Trinajstić information content (AvgIpc) is 2.85. The van der Waals surface area contributed by atoms with Crippen molar-refractivity contribution in [3.8, 4) is 6.07 Å². The molecule has 33 heavy (non-hydrogen) atoms. The molecule has 9 heteroatoms. The Labute approximate surface area is 190 Å². The van der Waals surface area contributed by atoms with Gasteiger partial charge in [0.25, 0.3) is 11.5 Å². The van der Waals surface area contributed by atoms with Crippen molar-refractivity contribution in [2.45, 2.75) is 25.4 Å². The number of carbonyl (C=O) groups excluding carboxylic acids is 1. The maximum absolute atomic E-state index is 13.0. The standard InChI is InChI=1S/C24H24N6O3/c1-28-22(31)13-21(30(24(28)33)15-18-8-3-2-7-17(18)14-25)29-12-6-9-19(16-29)27-23(32)20-10-4-5-11-26-20/h2-5,7-8,10-11,13,19H,6,9,12,15-16H2,1H3,(H,27,32)/t19-/m1/s1. The number of rotatable bonds is 5. The molecule has 9 nitrogen and oxygen atoms in total. The van der Waals surface area contributed by atoms with Crippen molar-refractivity contribution in [1.29, 1.82) is 5.26 Å². The zero-order valence-electron chi connectivity index (χ0n) is 18.3. The summed E-state index contributed by atoms with van der Waals surface area (Å²) in [5.41, 5.74) is 0.653. The van der Waals surface area contributed by atoms with Gasteiger partial charge in [-0.3, -0.25) is 23.7 Å². The summed E-state index contributed by atoms with van der Waals surface area (Å²) in [5, 5.41) is 12.5. The number of carbonyl (C=O) groups is 1. The molecule has 1 aliphatic rings. The lowest BCUT2D eigenvalue weighted by molar-refractivity contribution is 0.0928. The first-order valence-electron chi connectivity index (χ1n) is 10.7. The van der Waals surface area contributed by atoms with Crippen LogP contribution in [-0.4, -0.2) is 39.2 Å². The van der Waals surface area contributed by atoms with E-state index >= 15 is 0 Å². The van der Waals surface area contributed by atoms with E-state index in [0.29, 0.717) is 35.7 Å². The molecule has 168 valence electrons. The zero-order valence-corrected chi connectivity index (χ0v) is 18.3. The average molecular weight is 444 g/mol. The monoisotopic (exact) mass is 444 g/mol. The largest absolute Gasteiger partial charge is 0.356 e. The van der Waals surface area contributed by atoms with E-state index in [1.54, 1.807) is 42.6 Å². The maximum Gasteiger partial charge on any atom is 0.332 e. The molecule has 1 atom stereocenters. The van der Waals surface area contributed by atoms with Gasteiger partial charge in [-0.05, 0) is 36.6 Å². The molecule has 0 aliphatic carbocycles. The second-order valence-corrected chi connectivity index (χ2v) is 8.01. The molecule has 1 aliphatic heterocycles. The lowest BCUT2D eigenvalue weighted by Crippen LogP contribution is -2.50. The topological polar surface area (TPSA) is 113 Å². The Morgan fingerprint density at radius 1 is 1.21 bits per heavy atom. The van der Waals surface area contributed by atoms with Crippen LogP contribution in [0, 0.1) is 11.3 Å². The number of amides is 1. The van der Waals surface area contributed by atoms with E-state index in [-0.39, 0.29) is 18.5 Å². The molecule has 0 unspecified atom stereocenters. The van der Waals surface area contributed by atoms with E-state index in [1.165, 1.54) is 17.7 Å². The summed E-state index contributed by atoms with van der Waals surface area (Å²) < 4.78 is 2.57. The number of nitrogens with zero attached hydrogens (tertiary/aromatic N) is 5. The third-order valence-corrected chi connectivity index (χ3v) is 5.82. The molecule has 3 aromatic rings. The minimum atomic E-state index is -0.454. The third kappa shape index (κ3) is 4.70. The number of hydrogen-bond acceptors (Lipinski definition) is 6. The molecule has 1 aromatic carbocycles. The van der Waals surface area contributed by atoms with Crippen molar-refractivity contribution in [2.75, 3.05) is 18.0 Å². The van der Waals surface area contributed by atoms with Gasteiger partial charge in [-0.1, -0.05) is 24.3 Å². The Morgan fingerprint density at radius 3 is 2.76 bits per heavy atom. The molecule has 1 saturated heterocycles. The van der Waals surface area contributed by atoms with Gasteiger partial charge in [-0.25, -0.2) is 4.79 Å². The molecule has 4 rings (SSSR count). The summed E-state index contributed by atoms with van der Waals surface area (Å²) in [7, 11) is 1.44. The molecule has 1 amide bonds. The number of piperidine rings is 1. The lowest BCUT2D eigenvalue weighted by atomic mass is 10.1. The number of nitrogens with one attached hydrogen (secondary N) is 1. The van der Waals surface area contributed by atoms with Crippen LogP contribution in [0.4, 0.5) is 5.82 Å². The van der Waals surface area contributed by atoms with Gasteiger partial charge >= 0.3 is 5.69 Å². The van der Waals surface area contributed by atoms with Gasteiger partial charge in [0.05, 0.1) is 18.2 Å². The lowest BCUT2D eigenvalue weighted by Gasteiger charge is -2.35. The fourth-order valence-corrected chi connectivity index (χ4v) is 4.07. The second kappa shape index (κ2) is 9.53. The molecule has 0 spiro atoms. The zero-order chi connectivity index (χ0) is 23.4. The Hall–Kier alpha value is -4.19. The molecule has 1 N–H and O–H groups in total. The van der Waals surface area contributed by atoms with E-state index < -0.39 is 11.2 Å². The van der Waals surface area contributed by atoms with Gasteiger partial charge < -0.3 is 10.2 Å². The van der Waals surface area contributed by atoms with Gasteiger partial charge in [0.1, 0.15) is 11.5 Å². The molecule has 1 fully saturated rings. The van der Waals surface area contributed by atoms with Crippen LogP contribution in [0.5, 0.6) is 0 Å². The SMILES string of the molecule is Cn1c(=O)cc(N2CCC[C@@H](NC(=O)c3ccccn3)C2)n(Cc2ccccc2C#N)c1=O. The highest BCUT2D eigenvalue weighted by Crippen LogP contribution is 2.20. The van der Waals surface area contributed by atoms with Crippen molar-refractivity contribution in [3.63, 3.8) is 0 Å². The fraction of sp³-hybridized carbons (Fsp3) is 0.292. The first-order valence-corrected chi connectivity index (χ1v) is 10.7. The molecule has 0 radical (unpaired) electrons. The summed E-state index contributed by atoms with van der Waals surface area (Å²) in [5.74, 6) is 0.222. The Balaban J connectivity index is 1.64. The maximum atomic E-state index is 13.0. The van der Waals surface area contributed by atoms with E-state index in [1.807, 2.05) is 11.0 Å². The summed E-state index contributed by atoms with van der Waals surface area (Å²) in [6, 6.07) is 15.7. The summed E-state index contributed by atoms with van der Waals surface area (Å²) >= 11 is 0. The highest BCUT2D eigenvalue weighted by Gasteiger charge is 2.25. The predicted octanol–water partition coefficient (Wildman–Crippen LogP) is 1.26. The summed E-state index contributed by atoms with van der Waals surface area (Å²) in [6.45, 7) is 1.25. The van der Waals surface area contributed by atoms with E-state index in [4.69, 9.17) is 0 Å². The molecular formula is C24H24N6O3. The van der Waals surface area contributed by atoms with Gasteiger partial charge in [0.2, 0.25) is 0 Å². The highest BCUT2D eigenvalue weighted by atomic mass is 16.2. The van der Waals surface area contributed by atoms with Crippen molar-refractivity contribution in [1.82, 2.24) is 19.4 Å². The van der Waals surface area contributed by atoms with Crippen LogP contribution in [0.1, 0.15) is 34.5 Å². The first kappa shape index (κ1) is 22.0. The van der Waals surface area contributed by atoms with Crippen LogP contribution in [0.25, 0.3) is 0 Å². The molecule has 2 aromatic heterocycles. The van der Waals surface area contributed by atoms with E-state index in [2.05, 4.69) is 16.4 Å². The molecular weight excluding hydrogens is 420 g/mol. The van der Waals surface area contributed by atoms with Crippen LogP contribution >= 0.6 is 0 Å². The second-order valence-electron chi connectivity index (χ2n) is 8.01. The van der Waals surface area contributed by atoms with E-state index in [9.17, 15) is 19.6 Å². The van der Waals surface area contributed by atoms with Crippen LogP contribution in [0.15, 0.2) is 64.3 Å². The van der Waals surface area contributed by atoms with Gasteiger partial charge in [-0.2, -0.15) is 5.26 Å². The first-order chi connectivity index (χ1) is 16.0. The number of hydrogen-bond donors (Lipinski definition) is 1. The Kier molecular flexibility index (Phi) is 6.36. The molecule has 3 heterocycles. The van der Waals surface area contributed by atoms with Crippen LogP contribution in [0.2, 0.25) is 0 Å². The van der Waals surface area contributed by atoms with Crippen LogP contribution < -0.4 is 21.5 Å².